The van der Waals surface area contributed by atoms with E-state index in [0.29, 0.717) is 17.0 Å². The molecule has 1 heterocycles. The summed E-state index contributed by atoms with van der Waals surface area (Å²) in [7, 11) is -1.77. The van der Waals surface area contributed by atoms with Crippen molar-refractivity contribution in [3.8, 4) is 0 Å². The summed E-state index contributed by atoms with van der Waals surface area (Å²) in [6, 6.07) is 3.34. The minimum atomic E-state index is -1.77. The van der Waals surface area contributed by atoms with Gasteiger partial charge in [0.15, 0.2) is 5.58 Å². The Kier molecular flexibility index (Phi) is 5.11. The van der Waals surface area contributed by atoms with Crippen LogP contribution in [0.4, 0.5) is 0 Å². The molecule has 24 heavy (non-hydrogen) atoms. The van der Waals surface area contributed by atoms with E-state index in [0.717, 1.165) is 0 Å². The minimum absolute atomic E-state index is 0.216. The van der Waals surface area contributed by atoms with Gasteiger partial charge in [-0.3, -0.25) is 9.00 Å². The van der Waals surface area contributed by atoms with Gasteiger partial charge >= 0.3 is 5.97 Å². The number of carbonyl (C=O) groups is 1. The largest absolute Gasteiger partial charge is 0.465 e. The third-order valence-corrected chi connectivity index (χ3v) is 5.82. The highest BCUT2D eigenvalue weighted by atomic mass is 35.5. The number of aromatic nitrogens is 1. The number of ether oxygens (including phenoxy) is 1. The second-order valence-corrected chi connectivity index (χ2v) is 9.37. The van der Waals surface area contributed by atoms with Crippen LogP contribution in [0.1, 0.15) is 47.4 Å². The zero-order chi connectivity index (χ0) is 18.3. The van der Waals surface area contributed by atoms with Crippen LogP contribution in [0.2, 0.25) is 5.02 Å². The molecular formula is C17H22ClNO4S. The maximum atomic E-state index is 13.1. The first-order chi connectivity index (χ1) is 11.0. The molecule has 0 bridgehead atoms. The Hall–Kier alpha value is -1.40. The van der Waals surface area contributed by atoms with E-state index in [1.807, 2.05) is 20.8 Å². The highest BCUT2D eigenvalue weighted by Crippen LogP contribution is 2.36. The lowest BCUT2D eigenvalue weighted by atomic mass is 9.97. The van der Waals surface area contributed by atoms with Crippen LogP contribution >= 0.6 is 11.6 Å². The Morgan fingerprint density at radius 1 is 1.29 bits per heavy atom. The average molecular weight is 372 g/mol. The molecule has 0 spiro atoms. The van der Waals surface area contributed by atoms with Crippen molar-refractivity contribution in [3.05, 3.63) is 23.0 Å². The summed E-state index contributed by atoms with van der Waals surface area (Å²) >= 11 is 6.28. The number of oxazole rings is 1. The van der Waals surface area contributed by atoms with E-state index in [4.69, 9.17) is 20.8 Å². The molecule has 0 aliphatic heterocycles. The molecule has 1 unspecified atom stereocenters. The monoisotopic (exact) mass is 371 g/mol. The van der Waals surface area contributed by atoms with Crippen LogP contribution in [0.3, 0.4) is 0 Å². The lowest BCUT2D eigenvalue weighted by Crippen LogP contribution is -2.38. The SMILES string of the molecule is CCOC(=O)C(C)(C)S(=O)c1c(Cl)ccc2nc(C(C)(C)C)oc12. The van der Waals surface area contributed by atoms with Crippen LogP contribution in [-0.2, 0) is 25.7 Å². The number of esters is 1. The number of rotatable bonds is 4. The first-order valence-electron chi connectivity index (χ1n) is 7.68. The van der Waals surface area contributed by atoms with E-state index in [1.165, 1.54) is 0 Å². The van der Waals surface area contributed by atoms with Gasteiger partial charge in [-0.25, -0.2) is 4.98 Å². The van der Waals surface area contributed by atoms with Gasteiger partial charge in [0.05, 0.1) is 22.4 Å². The Morgan fingerprint density at radius 2 is 1.92 bits per heavy atom. The van der Waals surface area contributed by atoms with Crippen molar-refractivity contribution in [2.45, 2.75) is 56.6 Å². The third-order valence-electron chi connectivity index (χ3n) is 3.52. The van der Waals surface area contributed by atoms with Crippen molar-refractivity contribution < 1.29 is 18.2 Å². The number of nitrogens with zero attached hydrogens (tertiary/aromatic N) is 1. The van der Waals surface area contributed by atoms with E-state index in [2.05, 4.69) is 4.98 Å². The van der Waals surface area contributed by atoms with Gasteiger partial charge in [0, 0.05) is 5.41 Å². The molecule has 1 aromatic carbocycles. The van der Waals surface area contributed by atoms with Gasteiger partial charge in [0.1, 0.15) is 15.2 Å². The molecule has 2 rings (SSSR count). The summed E-state index contributed by atoms with van der Waals surface area (Å²) in [5, 5.41) is 0.273. The lowest BCUT2D eigenvalue weighted by molar-refractivity contribution is -0.145. The predicted octanol–water partition coefficient (Wildman–Crippen LogP) is 4.23. The molecule has 0 saturated carbocycles. The maximum Gasteiger partial charge on any atom is 0.324 e. The van der Waals surface area contributed by atoms with E-state index in [9.17, 15) is 9.00 Å². The fourth-order valence-electron chi connectivity index (χ4n) is 2.07. The second kappa shape index (κ2) is 6.48. The van der Waals surface area contributed by atoms with E-state index >= 15 is 0 Å². The lowest BCUT2D eigenvalue weighted by Gasteiger charge is -2.22. The number of benzene rings is 1. The molecule has 7 heteroatoms. The molecule has 0 fully saturated rings. The van der Waals surface area contributed by atoms with Crippen molar-refractivity contribution in [1.82, 2.24) is 4.98 Å². The molecule has 0 amide bonds. The summed E-state index contributed by atoms with van der Waals surface area (Å²) in [5.41, 5.74) is 0.608. The van der Waals surface area contributed by atoms with Gasteiger partial charge < -0.3 is 9.15 Å². The van der Waals surface area contributed by atoms with Crippen LogP contribution in [0, 0.1) is 0 Å². The molecule has 0 saturated heterocycles. The standard InChI is InChI=1S/C17H22ClNO4S/c1-7-22-15(20)17(5,6)24(21)13-10(18)8-9-11-12(13)23-14(19-11)16(2,3)4/h8-9H,7H2,1-6H3. The van der Waals surface area contributed by atoms with E-state index < -0.39 is 21.5 Å². The van der Waals surface area contributed by atoms with Gasteiger partial charge in [0.2, 0.25) is 5.89 Å². The normalized spacial score (nSPS) is 14.0. The Balaban J connectivity index is 2.63. The predicted molar refractivity (Wildman–Crippen MR) is 94.8 cm³/mol. The van der Waals surface area contributed by atoms with E-state index in [1.54, 1.807) is 32.9 Å². The van der Waals surface area contributed by atoms with Gasteiger partial charge in [-0.1, -0.05) is 32.4 Å². The quantitative estimate of drug-likeness (QED) is 0.752. The summed E-state index contributed by atoms with van der Waals surface area (Å²) in [6.45, 7) is 11.0. The summed E-state index contributed by atoms with van der Waals surface area (Å²) in [5.74, 6) is -0.0288. The first kappa shape index (κ1) is 18.9. The molecule has 0 N–H and O–H groups in total. The van der Waals surface area contributed by atoms with Gasteiger partial charge in [-0.2, -0.15) is 0 Å². The average Bonchev–Trinajstić information content (AvgIpc) is 2.90. The Bertz CT molecular complexity index is 805. The number of halogens is 1. The molecule has 0 aliphatic carbocycles. The van der Waals surface area contributed by atoms with Gasteiger partial charge in [-0.15, -0.1) is 0 Å². The summed E-state index contributed by atoms with van der Waals surface area (Å²) in [6.07, 6.45) is 0. The number of fused-ring (bicyclic) bond motifs is 1. The van der Waals surface area contributed by atoms with Crippen LogP contribution < -0.4 is 0 Å². The van der Waals surface area contributed by atoms with Gasteiger partial charge in [-0.05, 0) is 32.9 Å². The third kappa shape index (κ3) is 3.35. The van der Waals surface area contributed by atoms with Crippen molar-refractivity contribution in [3.63, 3.8) is 0 Å². The molecule has 5 nitrogen and oxygen atoms in total. The topological polar surface area (TPSA) is 69.4 Å². The Morgan fingerprint density at radius 3 is 2.46 bits per heavy atom. The van der Waals surface area contributed by atoms with Crippen molar-refractivity contribution in [1.29, 1.82) is 0 Å². The summed E-state index contributed by atoms with van der Waals surface area (Å²) in [4.78, 5) is 16.9. The Labute approximate surface area is 149 Å². The van der Waals surface area contributed by atoms with Gasteiger partial charge in [0.25, 0.3) is 0 Å². The molecule has 1 atom stereocenters. The number of hydrogen-bond donors (Lipinski definition) is 0. The second-order valence-electron chi connectivity index (χ2n) is 6.99. The van der Waals surface area contributed by atoms with Crippen LogP contribution in [0.25, 0.3) is 11.1 Å². The number of hydrogen-bond acceptors (Lipinski definition) is 5. The maximum absolute atomic E-state index is 13.1. The molecule has 132 valence electrons. The smallest absolute Gasteiger partial charge is 0.324 e. The molecule has 0 aliphatic rings. The molecular weight excluding hydrogens is 350 g/mol. The highest BCUT2D eigenvalue weighted by molar-refractivity contribution is 7.87. The molecule has 0 radical (unpaired) electrons. The van der Waals surface area contributed by atoms with Crippen molar-refractivity contribution in [2.75, 3.05) is 6.61 Å². The first-order valence-corrected chi connectivity index (χ1v) is 9.21. The van der Waals surface area contributed by atoms with Crippen LogP contribution in [0.5, 0.6) is 0 Å². The zero-order valence-electron chi connectivity index (χ0n) is 14.7. The molecule has 2 aromatic rings. The van der Waals surface area contributed by atoms with Crippen molar-refractivity contribution >= 4 is 39.5 Å². The van der Waals surface area contributed by atoms with Crippen LogP contribution in [0.15, 0.2) is 21.4 Å². The fraction of sp³-hybridized carbons (Fsp3) is 0.529. The minimum Gasteiger partial charge on any atom is -0.465 e. The molecule has 1 aromatic heterocycles. The summed E-state index contributed by atoms with van der Waals surface area (Å²) < 4.78 is 22.8. The van der Waals surface area contributed by atoms with E-state index in [-0.39, 0.29) is 21.9 Å². The number of carbonyl (C=O) groups excluding carboxylic acids is 1. The highest BCUT2D eigenvalue weighted by Gasteiger charge is 2.40. The zero-order valence-corrected chi connectivity index (χ0v) is 16.3. The fourth-order valence-corrected chi connectivity index (χ4v) is 3.71. The van der Waals surface area contributed by atoms with Crippen molar-refractivity contribution in [2.24, 2.45) is 0 Å². The van der Waals surface area contributed by atoms with Crippen LogP contribution in [-0.4, -0.2) is 26.5 Å².